The Morgan fingerprint density at radius 2 is 1.00 bits per heavy atom. The summed E-state index contributed by atoms with van der Waals surface area (Å²) in [4.78, 5) is 10.8. The molecule has 0 N–H and O–H groups in total. The zero-order chi connectivity index (χ0) is 32.1. The molecule has 0 aliphatic heterocycles. The molecule has 0 spiro atoms. The van der Waals surface area contributed by atoms with Crippen molar-refractivity contribution in [3.63, 3.8) is 0 Å². The van der Waals surface area contributed by atoms with Crippen LogP contribution in [0, 0.1) is 0 Å². The topological polar surface area (TPSA) is 49.4 Å². The fraction of sp³-hybridized carbons (Fsp3) is 0.526. The molecule has 0 unspecified atom stereocenters. The maximum atomic E-state index is 14.7. The van der Waals surface area contributed by atoms with Crippen LogP contribution in [0.4, 0.5) is 80.3 Å². The Bertz CT molecular complexity index is 1040. The number of alkyl halides is 17. The van der Waals surface area contributed by atoms with Crippen LogP contribution in [0.1, 0.15) is 0 Å². The van der Waals surface area contributed by atoms with Gasteiger partial charge in [0, 0.05) is 12.1 Å². The second-order valence-electron chi connectivity index (χ2n) is 8.32. The Kier molecular flexibility index (Phi) is 11.0. The van der Waals surface area contributed by atoms with Crippen molar-refractivity contribution < 1.29 is 119 Å². The third kappa shape index (κ3) is 7.51. The number of likely N-dealkylation sites (N-methyl/N-ethyl adjacent to an activating group) is 1. The van der Waals surface area contributed by atoms with E-state index in [1.807, 2.05) is 0 Å². The quantitative estimate of drug-likeness (QED) is 0.198. The molecule has 1 aromatic carbocycles. The number of allylic oxidation sites excluding steroid dienone is 2. The zero-order valence-corrected chi connectivity index (χ0v) is 22.1. The van der Waals surface area contributed by atoms with Gasteiger partial charge in [0.1, 0.15) is 18.0 Å². The van der Waals surface area contributed by atoms with Crippen LogP contribution in [0.15, 0.2) is 35.6 Å². The van der Waals surface area contributed by atoms with Crippen LogP contribution in [0.5, 0.6) is 5.75 Å². The summed E-state index contributed by atoms with van der Waals surface area (Å²) in [5.41, 5.74) is -22.4. The van der Waals surface area contributed by atoms with E-state index in [0.717, 1.165) is 14.1 Å². The molecule has 0 bridgehead atoms. The third-order valence-electron chi connectivity index (χ3n) is 5.02. The summed E-state index contributed by atoms with van der Waals surface area (Å²) in [6, 6.07) is 1.27. The molecule has 41 heavy (non-hydrogen) atoms. The molecule has 230 valence electrons. The first kappa shape index (κ1) is 39.0. The van der Waals surface area contributed by atoms with Gasteiger partial charge in [-0.2, -0.15) is 65.9 Å². The molecule has 22 heteroatoms. The summed E-state index contributed by atoms with van der Waals surface area (Å²) in [6.07, 6.45) is -39.7. The van der Waals surface area contributed by atoms with Crippen molar-refractivity contribution in [1.29, 1.82) is 0 Å². The second kappa shape index (κ2) is 11.6. The number of nitrogens with zero attached hydrogens (tertiary/aromatic N) is 1. The summed E-state index contributed by atoms with van der Waals surface area (Å²) < 4.78 is 232. The van der Waals surface area contributed by atoms with E-state index in [4.69, 9.17) is 0 Å². The van der Waals surface area contributed by atoms with Gasteiger partial charge in [-0.25, -0.2) is 8.78 Å². The Balaban J connectivity index is 0.0000160. The van der Waals surface area contributed by atoms with E-state index >= 15 is 0 Å². The van der Waals surface area contributed by atoms with E-state index in [2.05, 4.69) is 4.74 Å². The van der Waals surface area contributed by atoms with E-state index < -0.39 is 76.3 Å². The molecule has 0 saturated carbocycles. The van der Waals surface area contributed by atoms with Gasteiger partial charge < -0.3 is 14.6 Å². The van der Waals surface area contributed by atoms with Gasteiger partial charge in [0.2, 0.25) is 5.76 Å². The first-order valence-corrected chi connectivity index (χ1v) is 9.64. The molecule has 0 fully saturated rings. The molecule has 0 heterocycles. The summed E-state index contributed by atoms with van der Waals surface area (Å²) in [5, 5.41) is 10.8. The van der Waals surface area contributed by atoms with Crippen LogP contribution < -0.4 is 43.9 Å². The number of carbonyl (C=O) groups excluding carboxylic acids is 1. The van der Waals surface area contributed by atoms with E-state index in [9.17, 15) is 84.5 Å². The predicted molar refractivity (Wildman–Crippen MR) is 95.6 cm³/mol. The minimum Gasteiger partial charge on any atom is -0.544 e. The number of benzene rings is 1. The van der Waals surface area contributed by atoms with Crippen molar-refractivity contribution in [1.82, 2.24) is 4.48 Å². The standard InChI is InChI=1S/C19H12F17NO3.Na/c1-37(2,7-10(38)39)8-3-5-9(6-4-8)40-12(15(22,23)24)11(13(20,16(25,26)27)17(28,29)30)14(21,18(31,32)33)19(34,35)36;/h3-6H,7H2,1-2H3;/q;+1. The SMILES string of the molecule is C[N+](C)(CC(=O)[O-])c1ccc(OC(=C(C(F)(C(F)(F)F)C(F)(F)F)C(F)(C(F)(F)F)C(F)(F)F)C(F)(F)F)cc1.[Na+]. The van der Waals surface area contributed by atoms with Crippen molar-refractivity contribution >= 4 is 11.7 Å². The molecule has 0 saturated heterocycles. The maximum absolute atomic E-state index is 14.7. The molecule has 0 aliphatic carbocycles. The van der Waals surface area contributed by atoms with Gasteiger partial charge in [0.05, 0.1) is 25.6 Å². The van der Waals surface area contributed by atoms with E-state index in [1.165, 1.54) is 0 Å². The third-order valence-corrected chi connectivity index (χ3v) is 5.02. The number of hydrogen-bond donors (Lipinski definition) is 0. The molecular formula is C19H12F17NNaO3+. The number of rotatable bonds is 7. The van der Waals surface area contributed by atoms with Crippen LogP contribution >= 0.6 is 0 Å². The predicted octanol–water partition coefficient (Wildman–Crippen LogP) is 2.87. The molecule has 0 aromatic heterocycles. The Labute approximate surface area is 239 Å². The molecule has 0 aliphatic rings. The van der Waals surface area contributed by atoms with Gasteiger partial charge in [-0.05, 0) is 12.1 Å². The number of carbonyl (C=O) groups is 1. The molecule has 0 amide bonds. The summed E-state index contributed by atoms with van der Waals surface area (Å²) in [5.74, 6) is -8.10. The van der Waals surface area contributed by atoms with Gasteiger partial charge in [-0.15, -0.1) is 0 Å². The van der Waals surface area contributed by atoms with Crippen LogP contribution in [0.25, 0.3) is 0 Å². The Morgan fingerprint density at radius 3 is 1.24 bits per heavy atom. The average Bonchev–Trinajstić information content (AvgIpc) is 2.68. The fourth-order valence-electron chi connectivity index (χ4n) is 3.14. The smallest absolute Gasteiger partial charge is 0.544 e. The van der Waals surface area contributed by atoms with Crippen LogP contribution in [-0.2, 0) is 4.79 Å². The number of halogens is 17. The molecule has 0 atom stereocenters. The Morgan fingerprint density at radius 1 is 0.683 bits per heavy atom. The summed E-state index contributed by atoms with van der Waals surface area (Å²) in [7, 11) is 2.19. The number of aliphatic carboxylic acids is 1. The number of hydrogen-bond acceptors (Lipinski definition) is 3. The van der Waals surface area contributed by atoms with Crippen LogP contribution in [0.2, 0.25) is 0 Å². The Hall–Kier alpha value is -2.00. The van der Waals surface area contributed by atoms with Crippen molar-refractivity contribution in [3.05, 3.63) is 35.6 Å². The minimum absolute atomic E-state index is 0. The first-order chi connectivity index (χ1) is 17.4. The number of quaternary nitrogens is 1. The normalized spacial score (nSPS) is 14.3. The number of ether oxygens (including phenoxy) is 1. The molecular weight excluding hydrogens is 636 g/mol. The zero-order valence-electron chi connectivity index (χ0n) is 20.1. The minimum atomic E-state index is -8.28. The van der Waals surface area contributed by atoms with E-state index in [1.54, 1.807) is 0 Å². The van der Waals surface area contributed by atoms with Gasteiger partial charge in [0.15, 0.2) is 0 Å². The molecule has 1 aromatic rings. The van der Waals surface area contributed by atoms with Gasteiger partial charge in [0.25, 0.3) is 0 Å². The monoisotopic (exact) mass is 648 g/mol. The maximum Gasteiger partial charge on any atom is 1.00 e. The average molecular weight is 648 g/mol. The second-order valence-corrected chi connectivity index (χ2v) is 8.32. The van der Waals surface area contributed by atoms with E-state index in [-0.39, 0.29) is 47.4 Å². The number of carboxylic acids is 1. The van der Waals surface area contributed by atoms with Crippen molar-refractivity contribution in [2.75, 3.05) is 20.6 Å². The molecule has 1 rings (SSSR count). The van der Waals surface area contributed by atoms with Crippen molar-refractivity contribution in [3.8, 4) is 5.75 Å². The van der Waals surface area contributed by atoms with Gasteiger partial charge in [-0.1, -0.05) is 0 Å². The first-order valence-electron chi connectivity index (χ1n) is 9.64. The van der Waals surface area contributed by atoms with Crippen molar-refractivity contribution in [2.45, 2.75) is 42.2 Å². The summed E-state index contributed by atoms with van der Waals surface area (Å²) >= 11 is 0. The van der Waals surface area contributed by atoms with E-state index in [0.29, 0.717) is 12.1 Å². The van der Waals surface area contributed by atoms with Crippen LogP contribution in [-0.4, -0.2) is 68.8 Å². The fourth-order valence-corrected chi connectivity index (χ4v) is 3.14. The van der Waals surface area contributed by atoms with Gasteiger partial charge >= 0.3 is 71.8 Å². The number of carboxylic acid groups (broad SMARTS) is 1. The summed E-state index contributed by atoms with van der Waals surface area (Å²) in [6.45, 7) is -0.874. The largest absolute Gasteiger partial charge is 1.00 e. The molecule has 0 radical (unpaired) electrons. The van der Waals surface area contributed by atoms with Gasteiger partial charge in [-0.3, -0.25) is 4.48 Å². The van der Waals surface area contributed by atoms with Crippen molar-refractivity contribution in [2.24, 2.45) is 0 Å². The molecule has 4 nitrogen and oxygen atoms in total. The van der Waals surface area contributed by atoms with Crippen LogP contribution in [0.3, 0.4) is 0 Å².